The number of methoxy groups -OCH3 is 1. The molecule has 0 amide bonds. The standard InChI is InChI=1S/C17H29NO/c1-6-17(7-2,13-18-14(3)4)12-15-10-8-9-11-16(15)19-5/h8-11,14,18H,6-7,12-13H2,1-5H3. The van der Waals surface area contributed by atoms with Gasteiger partial charge in [0.1, 0.15) is 5.75 Å². The summed E-state index contributed by atoms with van der Waals surface area (Å²) in [5, 5.41) is 3.61. The van der Waals surface area contributed by atoms with Gasteiger partial charge in [0.2, 0.25) is 0 Å². The molecule has 0 bridgehead atoms. The van der Waals surface area contributed by atoms with Crippen LogP contribution in [0.2, 0.25) is 0 Å². The van der Waals surface area contributed by atoms with E-state index in [0.717, 1.165) is 18.7 Å². The molecule has 1 aromatic carbocycles. The minimum Gasteiger partial charge on any atom is -0.496 e. The van der Waals surface area contributed by atoms with Crippen molar-refractivity contribution in [3.63, 3.8) is 0 Å². The summed E-state index contributed by atoms with van der Waals surface area (Å²) in [6, 6.07) is 8.92. The van der Waals surface area contributed by atoms with E-state index in [4.69, 9.17) is 4.74 Å². The van der Waals surface area contributed by atoms with Gasteiger partial charge in [-0.05, 0) is 36.3 Å². The van der Waals surface area contributed by atoms with E-state index in [1.54, 1.807) is 7.11 Å². The van der Waals surface area contributed by atoms with Crippen LogP contribution in [-0.4, -0.2) is 19.7 Å². The molecule has 108 valence electrons. The van der Waals surface area contributed by atoms with Crippen LogP contribution in [0, 0.1) is 5.41 Å². The van der Waals surface area contributed by atoms with Crippen LogP contribution >= 0.6 is 0 Å². The molecule has 19 heavy (non-hydrogen) atoms. The number of para-hydroxylation sites is 1. The third-order valence-electron chi connectivity index (χ3n) is 4.14. The van der Waals surface area contributed by atoms with Gasteiger partial charge in [-0.3, -0.25) is 0 Å². The number of hydrogen-bond acceptors (Lipinski definition) is 2. The predicted octanol–water partition coefficient (Wildman–Crippen LogP) is 4.04. The van der Waals surface area contributed by atoms with Crippen LogP contribution in [0.3, 0.4) is 0 Å². The number of ether oxygens (including phenoxy) is 1. The molecule has 0 fully saturated rings. The summed E-state index contributed by atoms with van der Waals surface area (Å²) in [6.45, 7) is 10.1. The zero-order valence-electron chi connectivity index (χ0n) is 13.1. The topological polar surface area (TPSA) is 21.3 Å². The molecular weight excluding hydrogens is 234 g/mol. The molecule has 0 aromatic heterocycles. The maximum Gasteiger partial charge on any atom is 0.122 e. The lowest BCUT2D eigenvalue weighted by Crippen LogP contribution is -2.38. The van der Waals surface area contributed by atoms with E-state index in [2.05, 4.69) is 51.2 Å². The van der Waals surface area contributed by atoms with E-state index in [1.807, 2.05) is 6.07 Å². The zero-order chi connectivity index (χ0) is 14.3. The average Bonchev–Trinajstić information content (AvgIpc) is 2.44. The summed E-state index contributed by atoms with van der Waals surface area (Å²) in [5.41, 5.74) is 1.64. The van der Waals surface area contributed by atoms with E-state index in [1.165, 1.54) is 18.4 Å². The number of hydrogen-bond donors (Lipinski definition) is 1. The van der Waals surface area contributed by atoms with Gasteiger partial charge in [-0.1, -0.05) is 45.9 Å². The van der Waals surface area contributed by atoms with Gasteiger partial charge in [-0.15, -0.1) is 0 Å². The highest BCUT2D eigenvalue weighted by atomic mass is 16.5. The van der Waals surface area contributed by atoms with Crippen molar-refractivity contribution in [2.24, 2.45) is 5.41 Å². The Hall–Kier alpha value is -1.02. The molecule has 1 aromatic rings. The normalized spacial score (nSPS) is 11.9. The minimum atomic E-state index is 0.318. The summed E-state index contributed by atoms with van der Waals surface area (Å²) in [4.78, 5) is 0. The van der Waals surface area contributed by atoms with E-state index >= 15 is 0 Å². The van der Waals surface area contributed by atoms with Crippen molar-refractivity contribution in [2.45, 2.75) is 53.0 Å². The molecule has 0 aliphatic carbocycles. The molecule has 0 unspecified atom stereocenters. The largest absolute Gasteiger partial charge is 0.496 e. The van der Waals surface area contributed by atoms with E-state index < -0.39 is 0 Å². The lowest BCUT2D eigenvalue weighted by atomic mass is 9.76. The monoisotopic (exact) mass is 263 g/mol. The lowest BCUT2D eigenvalue weighted by Gasteiger charge is -2.33. The molecule has 0 aliphatic heterocycles. The third-order valence-corrected chi connectivity index (χ3v) is 4.14. The molecule has 0 heterocycles. The maximum absolute atomic E-state index is 5.49. The predicted molar refractivity (Wildman–Crippen MR) is 82.9 cm³/mol. The SMILES string of the molecule is CCC(CC)(CNC(C)C)Cc1ccccc1OC. The third kappa shape index (κ3) is 4.54. The molecular formula is C17H29NO. The molecule has 0 saturated heterocycles. The Morgan fingerprint density at radius 1 is 1.16 bits per heavy atom. The minimum absolute atomic E-state index is 0.318. The summed E-state index contributed by atoms with van der Waals surface area (Å²) < 4.78 is 5.49. The summed E-state index contributed by atoms with van der Waals surface area (Å²) in [6.07, 6.45) is 3.44. The molecule has 0 aliphatic rings. The first kappa shape index (κ1) is 16.0. The first-order valence-electron chi connectivity index (χ1n) is 7.42. The summed E-state index contributed by atoms with van der Waals surface area (Å²) >= 11 is 0. The Labute approximate surface area is 118 Å². The van der Waals surface area contributed by atoms with Crippen molar-refractivity contribution >= 4 is 0 Å². The maximum atomic E-state index is 5.49. The molecule has 2 heteroatoms. The van der Waals surface area contributed by atoms with Gasteiger partial charge >= 0.3 is 0 Å². The Balaban J connectivity index is 2.87. The second kappa shape index (κ2) is 7.54. The Morgan fingerprint density at radius 3 is 2.32 bits per heavy atom. The molecule has 0 radical (unpaired) electrons. The molecule has 0 saturated carbocycles. The zero-order valence-corrected chi connectivity index (χ0v) is 13.1. The van der Waals surface area contributed by atoms with Crippen molar-refractivity contribution in [3.8, 4) is 5.75 Å². The van der Waals surface area contributed by atoms with Crippen molar-refractivity contribution in [3.05, 3.63) is 29.8 Å². The van der Waals surface area contributed by atoms with E-state index in [9.17, 15) is 0 Å². The average molecular weight is 263 g/mol. The lowest BCUT2D eigenvalue weighted by molar-refractivity contribution is 0.236. The Bertz CT molecular complexity index is 369. The Morgan fingerprint density at radius 2 is 1.79 bits per heavy atom. The van der Waals surface area contributed by atoms with Crippen molar-refractivity contribution in [2.75, 3.05) is 13.7 Å². The van der Waals surface area contributed by atoms with Gasteiger partial charge in [0.15, 0.2) is 0 Å². The molecule has 1 rings (SSSR count). The fourth-order valence-corrected chi connectivity index (χ4v) is 2.49. The Kier molecular flexibility index (Phi) is 6.36. The number of benzene rings is 1. The van der Waals surface area contributed by atoms with Crippen LogP contribution in [0.5, 0.6) is 5.75 Å². The van der Waals surface area contributed by atoms with Gasteiger partial charge in [0.05, 0.1) is 7.11 Å². The van der Waals surface area contributed by atoms with Gasteiger partial charge in [0.25, 0.3) is 0 Å². The number of rotatable bonds is 8. The fourth-order valence-electron chi connectivity index (χ4n) is 2.49. The van der Waals surface area contributed by atoms with Gasteiger partial charge < -0.3 is 10.1 Å². The van der Waals surface area contributed by atoms with Crippen LogP contribution in [-0.2, 0) is 6.42 Å². The quantitative estimate of drug-likeness (QED) is 0.764. The van der Waals surface area contributed by atoms with Crippen molar-refractivity contribution in [1.82, 2.24) is 5.32 Å². The van der Waals surface area contributed by atoms with Gasteiger partial charge in [-0.25, -0.2) is 0 Å². The second-order valence-electron chi connectivity index (χ2n) is 5.73. The smallest absolute Gasteiger partial charge is 0.122 e. The highest BCUT2D eigenvalue weighted by Crippen LogP contribution is 2.33. The van der Waals surface area contributed by atoms with Crippen LogP contribution in [0.25, 0.3) is 0 Å². The van der Waals surface area contributed by atoms with Crippen molar-refractivity contribution < 1.29 is 4.74 Å². The first-order valence-corrected chi connectivity index (χ1v) is 7.42. The van der Waals surface area contributed by atoms with Gasteiger partial charge in [0, 0.05) is 12.6 Å². The molecule has 0 atom stereocenters. The van der Waals surface area contributed by atoms with Gasteiger partial charge in [-0.2, -0.15) is 0 Å². The summed E-state index contributed by atoms with van der Waals surface area (Å²) in [5.74, 6) is 1.01. The highest BCUT2D eigenvalue weighted by molar-refractivity contribution is 5.34. The molecule has 2 nitrogen and oxygen atoms in total. The number of nitrogens with one attached hydrogen (secondary N) is 1. The van der Waals surface area contributed by atoms with E-state index in [0.29, 0.717) is 11.5 Å². The first-order chi connectivity index (χ1) is 9.06. The van der Waals surface area contributed by atoms with Crippen LogP contribution in [0.4, 0.5) is 0 Å². The molecule has 1 N–H and O–H groups in total. The van der Waals surface area contributed by atoms with Crippen LogP contribution < -0.4 is 10.1 Å². The highest BCUT2D eigenvalue weighted by Gasteiger charge is 2.27. The fraction of sp³-hybridized carbons (Fsp3) is 0.647. The second-order valence-corrected chi connectivity index (χ2v) is 5.73. The summed E-state index contributed by atoms with van der Waals surface area (Å²) in [7, 11) is 1.75. The van der Waals surface area contributed by atoms with E-state index in [-0.39, 0.29) is 0 Å². The van der Waals surface area contributed by atoms with Crippen LogP contribution in [0.15, 0.2) is 24.3 Å². The van der Waals surface area contributed by atoms with Crippen LogP contribution in [0.1, 0.15) is 46.1 Å². The molecule has 0 spiro atoms. The van der Waals surface area contributed by atoms with Crippen molar-refractivity contribution in [1.29, 1.82) is 0 Å².